The number of carboxylic acids is 1. The van der Waals surface area contributed by atoms with E-state index in [1.165, 1.54) is 23.7 Å². The highest BCUT2D eigenvalue weighted by molar-refractivity contribution is 7.13. The van der Waals surface area contributed by atoms with Crippen molar-refractivity contribution in [3.05, 3.63) is 35.0 Å². The van der Waals surface area contributed by atoms with Crippen molar-refractivity contribution in [1.29, 1.82) is 5.26 Å². The third-order valence-electron chi connectivity index (χ3n) is 1.90. The quantitative estimate of drug-likeness (QED) is 0.663. The SMILES string of the molecule is N#CC(=Cc1csc(-c2ccco2)n1)C(=O)O. The molecule has 0 aliphatic carbocycles. The van der Waals surface area contributed by atoms with E-state index in [0.717, 1.165) is 0 Å². The molecule has 0 aliphatic heterocycles. The number of hydrogen-bond acceptors (Lipinski definition) is 5. The molecule has 0 amide bonds. The lowest BCUT2D eigenvalue weighted by atomic mass is 10.2. The Hall–Kier alpha value is -2.39. The monoisotopic (exact) mass is 246 g/mol. The van der Waals surface area contributed by atoms with Crippen LogP contribution in [0.4, 0.5) is 0 Å². The Morgan fingerprint density at radius 1 is 1.65 bits per heavy atom. The van der Waals surface area contributed by atoms with Crippen LogP contribution in [0.5, 0.6) is 0 Å². The van der Waals surface area contributed by atoms with Crippen LogP contribution in [0.3, 0.4) is 0 Å². The van der Waals surface area contributed by atoms with Crippen LogP contribution < -0.4 is 0 Å². The Morgan fingerprint density at radius 2 is 2.47 bits per heavy atom. The van der Waals surface area contributed by atoms with Crippen molar-refractivity contribution in [2.75, 3.05) is 0 Å². The molecule has 0 saturated carbocycles. The van der Waals surface area contributed by atoms with Gasteiger partial charge in [-0.15, -0.1) is 11.3 Å². The van der Waals surface area contributed by atoms with Crippen LogP contribution >= 0.6 is 11.3 Å². The van der Waals surface area contributed by atoms with Gasteiger partial charge < -0.3 is 9.52 Å². The second-order valence-corrected chi connectivity index (χ2v) is 3.89. The summed E-state index contributed by atoms with van der Waals surface area (Å²) in [6.07, 6.45) is 2.76. The molecule has 5 nitrogen and oxygen atoms in total. The number of carbonyl (C=O) groups is 1. The van der Waals surface area contributed by atoms with E-state index in [-0.39, 0.29) is 5.57 Å². The molecule has 0 atom stereocenters. The summed E-state index contributed by atoms with van der Waals surface area (Å²) in [5.74, 6) is -0.650. The molecule has 0 saturated heterocycles. The minimum absolute atomic E-state index is 0.346. The smallest absolute Gasteiger partial charge is 0.346 e. The molecule has 0 spiro atoms. The first-order valence-corrected chi connectivity index (χ1v) is 5.43. The first kappa shape index (κ1) is 11.1. The van der Waals surface area contributed by atoms with E-state index in [9.17, 15) is 4.79 Å². The van der Waals surface area contributed by atoms with Crippen molar-refractivity contribution >= 4 is 23.4 Å². The number of nitriles is 1. The van der Waals surface area contributed by atoms with Crippen molar-refractivity contribution in [2.45, 2.75) is 0 Å². The number of carboxylic acid groups (broad SMARTS) is 1. The number of aromatic nitrogens is 1. The fourth-order valence-electron chi connectivity index (χ4n) is 1.16. The number of rotatable bonds is 3. The summed E-state index contributed by atoms with van der Waals surface area (Å²) in [4.78, 5) is 14.8. The predicted molar refractivity (Wildman–Crippen MR) is 61.0 cm³/mol. The number of hydrogen-bond donors (Lipinski definition) is 1. The van der Waals surface area contributed by atoms with Gasteiger partial charge in [0.05, 0.1) is 12.0 Å². The number of aliphatic carboxylic acids is 1. The minimum Gasteiger partial charge on any atom is -0.477 e. The summed E-state index contributed by atoms with van der Waals surface area (Å²) in [6.45, 7) is 0. The van der Waals surface area contributed by atoms with Crippen molar-refractivity contribution in [1.82, 2.24) is 4.98 Å². The van der Waals surface area contributed by atoms with Crippen molar-refractivity contribution in [2.24, 2.45) is 0 Å². The molecule has 17 heavy (non-hydrogen) atoms. The third-order valence-corrected chi connectivity index (χ3v) is 2.77. The van der Waals surface area contributed by atoms with Gasteiger partial charge in [0.1, 0.15) is 11.6 Å². The van der Waals surface area contributed by atoms with Crippen LogP contribution in [-0.2, 0) is 4.79 Å². The van der Waals surface area contributed by atoms with Gasteiger partial charge in [-0.1, -0.05) is 0 Å². The maximum atomic E-state index is 10.6. The highest BCUT2D eigenvalue weighted by atomic mass is 32.1. The van der Waals surface area contributed by atoms with Crippen molar-refractivity contribution in [3.63, 3.8) is 0 Å². The van der Waals surface area contributed by atoms with Gasteiger partial charge >= 0.3 is 5.97 Å². The topological polar surface area (TPSA) is 87.1 Å². The highest BCUT2D eigenvalue weighted by Gasteiger charge is 2.09. The Balaban J connectivity index is 2.31. The lowest BCUT2D eigenvalue weighted by molar-refractivity contribution is -0.132. The molecule has 0 aromatic carbocycles. The van der Waals surface area contributed by atoms with Crippen molar-refractivity contribution in [3.8, 4) is 16.8 Å². The Labute approximate surface area is 100 Å². The molecule has 2 aromatic heterocycles. The Kier molecular flexibility index (Phi) is 3.03. The molecular formula is C11H6N2O3S. The molecule has 2 rings (SSSR count). The van der Waals surface area contributed by atoms with Crippen LogP contribution in [0.15, 0.2) is 33.8 Å². The maximum Gasteiger partial charge on any atom is 0.346 e. The summed E-state index contributed by atoms with van der Waals surface area (Å²) in [7, 11) is 0. The molecule has 84 valence electrons. The summed E-state index contributed by atoms with van der Waals surface area (Å²) in [5, 5.41) is 19.6. The normalized spacial score (nSPS) is 11.1. The minimum atomic E-state index is -1.26. The highest BCUT2D eigenvalue weighted by Crippen LogP contribution is 2.24. The number of furan rings is 1. The first-order chi connectivity index (χ1) is 8.20. The number of nitrogens with zero attached hydrogens (tertiary/aromatic N) is 2. The standard InChI is InChI=1S/C11H6N2O3S/c12-5-7(11(14)15)4-8-6-17-10(13-8)9-2-1-3-16-9/h1-4,6H,(H,14,15). The summed E-state index contributed by atoms with van der Waals surface area (Å²) in [6, 6.07) is 5.10. The van der Waals surface area contributed by atoms with Gasteiger partial charge in [0.2, 0.25) is 0 Å². The van der Waals surface area contributed by atoms with E-state index >= 15 is 0 Å². The second kappa shape index (κ2) is 4.63. The predicted octanol–water partition coefficient (Wildman–Crippen LogP) is 2.39. The van der Waals surface area contributed by atoms with Crippen LogP contribution in [0.2, 0.25) is 0 Å². The fraction of sp³-hybridized carbons (Fsp3) is 0. The van der Waals surface area contributed by atoms with Crippen LogP contribution in [0, 0.1) is 11.3 Å². The maximum absolute atomic E-state index is 10.6. The summed E-state index contributed by atoms with van der Waals surface area (Å²) >= 11 is 1.32. The zero-order valence-electron chi connectivity index (χ0n) is 8.45. The molecule has 0 aliphatic rings. The Morgan fingerprint density at radius 3 is 3.06 bits per heavy atom. The molecule has 2 heterocycles. The molecule has 0 fully saturated rings. The largest absolute Gasteiger partial charge is 0.477 e. The summed E-state index contributed by atoms with van der Waals surface area (Å²) < 4.78 is 5.16. The molecule has 0 bridgehead atoms. The van der Waals surface area contributed by atoms with E-state index in [1.54, 1.807) is 23.6 Å². The second-order valence-electron chi connectivity index (χ2n) is 3.03. The van der Waals surface area contributed by atoms with Crippen molar-refractivity contribution < 1.29 is 14.3 Å². The molecular weight excluding hydrogens is 240 g/mol. The van der Waals surface area contributed by atoms with E-state index in [2.05, 4.69) is 4.98 Å². The zero-order chi connectivity index (χ0) is 12.3. The van der Waals surface area contributed by atoms with Crippen LogP contribution in [0.25, 0.3) is 16.8 Å². The first-order valence-electron chi connectivity index (χ1n) is 4.55. The van der Waals surface area contributed by atoms with E-state index in [1.807, 2.05) is 0 Å². The van der Waals surface area contributed by atoms with Crippen LogP contribution in [0.1, 0.15) is 5.69 Å². The lowest BCUT2D eigenvalue weighted by Gasteiger charge is -1.88. The van der Waals surface area contributed by atoms with Gasteiger partial charge in [-0.25, -0.2) is 9.78 Å². The number of thiazole rings is 1. The van der Waals surface area contributed by atoms with Gasteiger partial charge in [0.25, 0.3) is 0 Å². The van der Waals surface area contributed by atoms with Crippen LogP contribution in [-0.4, -0.2) is 16.1 Å². The van der Waals surface area contributed by atoms with Gasteiger partial charge in [-0.2, -0.15) is 5.26 Å². The lowest BCUT2D eigenvalue weighted by Crippen LogP contribution is -1.97. The molecule has 2 aromatic rings. The van der Waals surface area contributed by atoms with Gasteiger partial charge in [-0.05, 0) is 18.2 Å². The third kappa shape index (κ3) is 2.41. The Bertz CT molecular complexity index is 605. The average molecular weight is 246 g/mol. The summed E-state index contributed by atoms with van der Waals surface area (Å²) in [5.41, 5.74) is 0.0849. The van der Waals surface area contributed by atoms with Gasteiger partial charge in [-0.3, -0.25) is 0 Å². The van der Waals surface area contributed by atoms with E-state index in [0.29, 0.717) is 16.5 Å². The van der Waals surface area contributed by atoms with Gasteiger partial charge in [0, 0.05) is 5.38 Å². The van der Waals surface area contributed by atoms with E-state index in [4.69, 9.17) is 14.8 Å². The molecule has 0 unspecified atom stereocenters. The average Bonchev–Trinajstić information content (AvgIpc) is 2.95. The molecule has 1 N–H and O–H groups in total. The zero-order valence-corrected chi connectivity index (χ0v) is 9.27. The molecule has 0 radical (unpaired) electrons. The van der Waals surface area contributed by atoms with Gasteiger partial charge in [0.15, 0.2) is 10.8 Å². The fourth-order valence-corrected chi connectivity index (χ4v) is 1.90. The van der Waals surface area contributed by atoms with E-state index < -0.39 is 5.97 Å². The molecule has 6 heteroatoms.